The van der Waals surface area contributed by atoms with E-state index in [4.69, 9.17) is 9.72 Å². The maximum atomic E-state index is 14.1. The Kier molecular flexibility index (Phi) is 5.16. The number of nitrogens with zero attached hydrogens (tertiary/aromatic N) is 6. The second-order valence-electron chi connectivity index (χ2n) is 6.25. The molecule has 0 aliphatic carbocycles. The summed E-state index contributed by atoms with van der Waals surface area (Å²) < 4.78 is 20.2. The van der Waals surface area contributed by atoms with Gasteiger partial charge in [0.25, 0.3) is 0 Å². The first-order valence-corrected chi connectivity index (χ1v) is 9.47. The topological polar surface area (TPSA) is 57.6 Å². The van der Waals surface area contributed by atoms with Crippen molar-refractivity contribution in [1.82, 2.24) is 15.0 Å². The van der Waals surface area contributed by atoms with E-state index >= 15 is 0 Å². The van der Waals surface area contributed by atoms with Crippen molar-refractivity contribution in [3.63, 3.8) is 0 Å². The van der Waals surface area contributed by atoms with Crippen molar-refractivity contribution < 1.29 is 9.13 Å². The van der Waals surface area contributed by atoms with Crippen LogP contribution in [0.5, 0.6) is 0 Å². The monoisotopic (exact) mass is 422 g/mol. The lowest BCUT2D eigenvalue weighted by Gasteiger charge is -2.36. The Morgan fingerprint density at radius 1 is 0.962 bits per heavy atom. The van der Waals surface area contributed by atoms with E-state index in [1.807, 2.05) is 11.0 Å². The highest BCUT2D eigenvalue weighted by atomic mass is 79.9. The lowest BCUT2D eigenvalue weighted by atomic mass is 10.3. The Hall–Kier alpha value is -2.00. The third kappa shape index (κ3) is 3.73. The molecule has 2 aromatic heterocycles. The van der Waals surface area contributed by atoms with Gasteiger partial charge in [0.05, 0.1) is 13.2 Å². The highest BCUT2D eigenvalue weighted by Gasteiger charge is 2.23. The minimum Gasteiger partial charge on any atom is -0.378 e. The van der Waals surface area contributed by atoms with Gasteiger partial charge in [-0.2, -0.15) is 4.98 Å². The number of halogens is 2. The summed E-state index contributed by atoms with van der Waals surface area (Å²) in [5.74, 6) is 1.74. The molecule has 2 aliphatic rings. The molecule has 2 saturated heterocycles. The van der Waals surface area contributed by atoms with Crippen LogP contribution in [0, 0.1) is 5.82 Å². The van der Waals surface area contributed by atoms with Crippen LogP contribution in [0.25, 0.3) is 0 Å². The first kappa shape index (κ1) is 17.4. The van der Waals surface area contributed by atoms with Crippen molar-refractivity contribution in [2.24, 2.45) is 0 Å². The zero-order valence-electron chi connectivity index (χ0n) is 14.3. The third-order valence-corrected chi connectivity index (χ3v) is 5.05. The highest BCUT2D eigenvalue weighted by Crippen LogP contribution is 2.23. The summed E-state index contributed by atoms with van der Waals surface area (Å²) in [6, 6.07) is 3.38. The fourth-order valence-corrected chi connectivity index (χ4v) is 3.52. The van der Waals surface area contributed by atoms with Crippen molar-refractivity contribution in [2.45, 2.75) is 0 Å². The predicted octanol–water partition coefficient (Wildman–Crippen LogP) is 1.94. The Bertz CT molecular complexity index is 765. The standard InChI is InChI=1S/C17H20BrFN6O/c18-13-11-14(19)16(21-12-13)24-3-5-25(6-4-24)17-20-2-1-15(22-17)23-7-9-26-10-8-23/h1-2,11-12H,3-10H2. The lowest BCUT2D eigenvalue weighted by molar-refractivity contribution is 0.122. The number of aromatic nitrogens is 3. The van der Waals surface area contributed by atoms with Gasteiger partial charge in [-0.15, -0.1) is 0 Å². The van der Waals surface area contributed by atoms with E-state index in [1.54, 1.807) is 12.4 Å². The van der Waals surface area contributed by atoms with Gasteiger partial charge >= 0.3 is 0 Å². The molecule has 2 fully saturated rings. The summed E-state index contributed by atoms with van der Waals surface area (Å²) in [6.07, 6.45) is 3.43. The van der Waals surface area contributed by atoms with E-state index in [2.05, 4.69) is 35.7 Å². The molecule has 26 heavy (non-hydrogen) atoms. The molecule has 0 unspecified atom stereocenters. The molecule has 4 heterocycles. The number of pyridine rings is 1. The van der Waals surface area contributed by atoms with E-state index in [-0.39, 0.29) is 5.82 Å². The van der Waals surface area contributed by atoms with Gasteiger partial charge in [-0.1, -0.05) is 0 Å². The van der Waals surface area contributed by atoms with Gasteiger partial charge in [-0.25, -0.2) is 14.4 Å². The zero-order chi connectivity index (χ0) is 17.9. The second-order valence-corrected chi connectivity index (χ2v) is 7.16. The first-order valence-electron chi connectivity index (χ1n) is 8.67. The summed E-state index contributed by atoms with van der Waals surface area (Å²) in [7, 11) is 0. The number of rotatable bonds is 3. The maximum Gasteiger partial charge on any atom is 0.227 e. The number of hydrogen-bond acceptors (Lipinski definition) is 7. The molecule has 2 aromatic rings. The molecule has 0 bridgehead atoms. The number of hydrogen-bond donors (Lipinski definition) is 0. The summed E-state index contributed by atoms with van der Waals surface area (Å²) in [5.41, 5.74) is 0. The van der Waals surface area contributed by atoms with Crippen LogP contribution in [-0.4, -0.2) is 67.4 Å². The van der Waals surface area contributed by atoms with Crippen LogP contribution in [0.15, 0.2) is 29.0 Å². The van der Waals surface area contributed by atoms with Gasteiger partial charge < -0.3 is 19.4 Å². The average Bonchev–Trinajstić information content (AvgIpc) is 2.69. The average molecular weight is 423 g/mol. The normalized spacial score (nSPS) is 18.3. The molecule has 0 atom stereocenters. The molecular formula is C17H20BrFN6O. The largest absolute Gasteiger partial charge is 0.378 e. The number of morpholine rings is 1. The van der Waals surface area contributed by atoms with E-state index < -0.39 is 0 Å². The Morgan fingerprint density at radius 2 is 1.69 bits per heavy atom. The molecule has 7 nitrogen and oxygen atoms in total. The van der Waals surface area contributed by atoms with Gasteiger partial charge in [0.2, 0.25) is 5.95 Å². The molecule has 2 aliphatic heterocycles. The van der Waals surface area contributed by atoms with Gasteiger partial charge in [0.15, 0.2) is 11.6 Å². The molecule has 0 radical (unpaired) electrons. The van der Waals surface area contributed by atoms with Crippen molar-refractivity contribution in [3.05, 3.63) is 34.8 Å². The Labute approximate surface area is 159 Å². The Balaban J connectivity index is 1.43. The molecular weight excluding hydrogens is 403 g/mol. The van der Waals surface area contributed by atoms with Gasteiger partial charge in [-0.3, -0.25) is 0 Å². The molecule has 0 amide bonds. The van der Waals surface area contributed by atoms with E-state index in [0.29, 0.717) is 23.4 Å². The molecule has 0 aromatic carbocycles. The molecule has 138 valence electrons. The summed E-state index contributed by atoms with van der Waals surface area (Å²) in [4.78, 5) is 19.7. The number of piperazine rings is 1. The zero-order valence-corrected chi connectivity index (χ0v) is 15.9. The predicted molar refractivity (Wildman–Crippen MR) is 101 cm³/mol. The van der Waals surface area contributed by atoms with Crippen molar-refractivity contribution in [2.75, 3.05) is 67.2 Å². The molecule has 0 saturated carbocycles. The molecule has 0 spiro atoms. The summed E-state index contributed by atoms with van der Waals surface area (Å²) >= 11 is 3.24. The van der Waals surface area contributed by atoms with Crippen LogP contribution >= 0.6 is 15.9 Å². The molecule has 9 heteroatoms. The maximum absolute atomic E-state index is 14.1. The van der Waals surface area contributed by atoms with Gasteiger partial charge in [0, 0.05) is 56.1 Å². The number of ether oxygens (including phenoxy) is 1. The fourth-order valence-electron chi connectivity index (χ4n) is 3.22. The van der Waals surface area contributed by atoms with Crippen LogP contribution in [0.1, 0.15) is 0 Å². The van der Waals surface area contributed by atoms with E-state index in [9.17, 15) is 4.39 Å². The SMILES string of the molecule is Fc1cc(Br)cnc1N1CCN(c2nccc(N3CCOCC3)n2)CC1. The van der Waals surface area contributed by atoms with E-state index in [0.717, 1.165) is 51.2 Å². The smallest absolute Gasteiger partial charge is 0.227 e. The van der Waals surface area contributed by atoms with Crippen LogP contribution in [0.2, 0.25) is 0 Å². The minimum absolute atomic E-state index is 0.307. The minimum atomic E-state index is -0.307. The van der Waals surface area contributed by atoms with Crippen LogP contribution in [-0.2, 0) is 4.74 Å². The lowest BCUT2D eigenvalue weighted by Crippen LogP contribution is -2.47. The Morgan fingerprint density at radius 3 is 2.42 bits per heavy atom. The molecule has 0 N–H and O–H groups in total. The van der Waals surface area contributed by atoms with Crippen molar-refractivity contribution in [1.29, 1.82) is 0 Å². The first-order chi connectivity index (χ1) is 12.7. The van der Waals surface area contributed by atoms with Crippen LogP contribution in [0.4, 0.5) is 22.0 Å². The quantitative estimate of drug-likeness (QED) is 0.748. The summed E-state index contributed by atoms with van der Waals surface area (Å²) in [6.45, 7) is 5.95. The van der Waals surface area contributed by atoms with Crippen molar-refractivity contribution >= 4 is 33.5 Å². The van der Waals surface area contributed by atoms with Gasteiger partial charge in [-0.05, 0) is 28.1 Å². The number of anilines is 3. The second kappa shape index (κ2) is 7.71. The fraction of sp³-hybridized carbons (Fsp3) is 0.471. The third-order valence-electron chi connectivity index (χ3n) is 4.61. The molecule has 4 rings (SSSR count). The highest BCUT2D eigenvalue weighted by molar-refractivity contribution is 9.10. The van der Waals surface area contributed by atoms with Gasteiger partial charge in [0.1, 0.15) is 5.82 Å². The summed E-state index contributed by atoms with van der Waals surface area (Å²) in [5, 5.41) is 0. The van der Waals surface area contributed by atoms with Crippen LogP contribution < -0.4 is 14.7 Å². The van der Waals surface area contributed by atoms with Crippen molar-refractivity contribution in [3.8, 4) is 0 Å². The van der Waals surface area contributed by atoms with Crippen LogP contribution in [0.3, 0.4) is 0 Å². The van der Waals surface area contributed by atoms with E-state index in [1.165, 1.54) is 6.07 Å².